The number of carbonyl (C=O) groups is 6. The highest BCUT2D eigenvalue weighted by atomic mass is 16.4. The molecule has 0 spiro atoms. The maximum atomic E-state index is 12.9. The van der Waals surface area contributed by atoms with E-state index in [1.807, 2.05) is 0 Å². The summed E-state index contributed by atoms with van der Waals surface area (Å²) in [4.78, 5) is 73.0. The van der Waals surface area contributed by atoms with Crippen LogP contribution in [-0.2, 0) is 28.8 Å². The number of amides is 4. The zero-order chi connectivity index (χ0) is 25.8. The Balaban J connectivity index is 2.97. The first-order valence-corrected chi connectivity index (χ1v) is 11.1. The number of hydrogen-bond donors (Lipinski definition) is 7. The quantitative estimate of drug-likeness (QED) is 0.117. The summed E-state index contributed by atoms with van der Waals surface area (Å²) >= 11 is 0. The molecule has 4 amide bonds. The maximum absolute atomic E-state index is 12.9. The molecule has 14 nitrogen and oxygen atoms in total. The van der Waals surface area contributed by atoms with Gasteiger partial charge in [0.15, 0.2) is 0 Å². The molecule has 1 aliphatic rings. The number of rotatable bonds is 15. The third-order valence-electron chi connectivity index (χ3n) is 5.43. The van der Waals surface area contributed by atoms with Crippen LogP contribution in [0.15, 0.2) is 0 Å². The van der Waals surface area contributed by atoms with Crippen molar-refractivity contribution in [2.24, 2.45) is 17.2 Å². The number of unbranched alkanes of at least 4 members (excludes halogenated alkanes) is 1. The molecule has 0 aromatic heterocycles. The first-order valence-electron chi connectivity index (χ1n) is 11.1. The van der Waals surface area contributed by atoms with Gasteiger partial charge >= 0.3 is 11.9 Å². The summed E-state index contributed by atoms with van der Waals surface area (Å²) in [5.41, 5.74) is 16.3. The van der Waals surface area contributed by atoms with Gasteiger partial charge in [0.1, 0.15) is 18.1 Å². The molecule has 1 aliphatic heterocycles. The van der Waals surface area contributed by atoms with E-state index in [4.69, 9.17) is 17.2 Å². The molecule has 0 aromatic carbocycles. The van der Waals surface area contributed by atoms with Gasteiger partial charge in [-0.3, -0.25) is 24.0 Å². The Hall–Kier alpha value is -3.26. The highest BCUT2D eigenvalue weighted by molar-refractivity contribution is 5.95. The Bertz CT molecular complexity index is 776. The summed E-state index contributed by atoms with van der Waals surface area (Å²) in [6.45, 7) is 0.458. The lowest BCUT2D eigenvalue weighted by Crippen LogP contribution is -2.57. The summed E-state index contributed by atoms with van der Waals surface area (Å²) in [5.74, 6) is -5.60. The number of aliphatic carboxylic acids is 2. The van der Waals surface area contributed by atoms with Crippen LogP contribution in [0.5, 0.6) is 0 Å². The number of primary amides is 1. The predicted octanol–water partition coefficient (Wildman–Crippen LogP) is -2.77. The van der Waals surface area contributed by atoms with Crippen molar-refractivity contribution in [3.8, 4) is 0 Å². The van der Waals surface area contributed by atoms with Crippen LogP contribution in [0.3, 0.4) is 0 Å². The van der Waals surface area contributed by atoms with E-state index in [0.29, 0.717) is 25.8 Å². The molecule has 14 heteroatoms. The zero-order valence-corrected chi connectivity index (χ0v) is 18.9. The van der Waals surface area contributed by atoms with Crippen molar-refractivity contribution in [2.75, 3.05) is 13.1 Å². The second-order valence-corrected chi connectivity index (χ2v) is 8.14. The van der Waals surface area contributed by atoms with E-state index in [2.05, 4.69) is 10.6 Å². The molecule has 1 fully saturated rings. The minimum atomic E-state index is -1.53. The van der Waals surface area contributed by atoms with Crippen LogP contribution in [0.4, 0.5) is 0 Å². The number of carbonyl (C=O) groups excluding carboxylic acids is 4. The minimum Gasteiger partial charge on any atom is -0.481 e. The average Bonchev–Trinajstić information content (AvgIpc) is 3.25. The molecular formula is C20H34N6O8. The zero-order valence-electron chi connectivity index (χ0n) is 18.9. The van der Waals surface area contributed by atoms with E-state index in [0.717, 1.165) is 4.90 Å². The van der Waals surface area contributed by atoms with Crippen LogP contribution in [0.25, 0.3) is 0 Å². The lowest BCUT2D eigenvalue weighted by atomic mass is 10.1. The van der Waals surface area contributed by atoms with Crippen LogP contribution in [-0.4, -0.2) is 87.9 Å². The van der Waals surface area contributed by atoms with Gasteiger partial charge in [0.05, 0.1) is 12.5 Å². The summed E-state index contributed by atoms with van der Waals surface area (Å²) < 4.78 is 0. The van der Waals surface area contributed by atoms with Crippen LogP contribution in [0.2, 0.25) is 0 Å². The summed E-state index contributed by atoms with van der Waals surface area (Å²) in [6, 6.07) is -4.90. The number of nitrogens with zero attached hydrogens (tertiary/aromatic N) is 1. The molecule has 4 atom stereocenters. The lowest BCUT2D eigenvalue weighted by Gasteiger charge is -2.28. The first-order chi connectivity index (χ1) is 16.0. The van der Waals surface area contributed by atoms with Gasteiger partial charge in [-0.2, -0.15) is 0 Å². The molecule has 34 heavy (non-hydrogen) atoms. The molecule has 1 rings (SSSR count). The molecule has 0 bridgehead atoms. The van der Waals surface area contributed by atoms with Gasteiger partial charge in [0.25, 0.3) is 0 Å². The Morgan fingerprint density at radius 2 is 1.62 bits per heavy atom. The van der Waals surface area contributed by atoms with Crippen LogP contribution in [0.1, 0.15) is 51.4 Å². The van der Waals surface area contributed by atoms with Gasteiger partial charge in [-0.05, 0) is 45.1 Å². The van der Waals surface area contributed by atoms with E-state index >= 15 is 0 Å². The van der Waals surface area contributed by atoms with Gasteiger partial charge in [-0.1, -0.05) is 0 Å². The maximum Gasteiger partial charge on any atom is 0.326 e. The average molecular weight is 487 g/mol. The number of nitrogens with two attached hydrogens (primary N) is 3. The van der Waals surface area contributed by atoms with Crippen molar-refractivity contribution in [2.45, 2.75) is 75.5 Å². The Morgan fingerprint density at radius 3 is 2.18 bits per heavy atom. The van der Waals surface area contributed by atoms with Gasteiger partial charge in [0, 0.05) is 13.0 Å². The first kappa shape index (κ1) is 28.8. The third-order valence-corrected chi connectivity index (χ3v) is 5.43. The minimum absolute atomic E-state index is 0.0377. The fourth-order valence-electron chi connectivity index (χ4n) is 3.60. The molecule has 0 aliphatic carbocycles. The smallest absolute Gasteiger partial charge is 0.326 e. The molecule has 192 valence electrons. The van der Waals surface area contributed by atoms with Crippen LogP contribution < -0.4 is 27.8 Å². The third kappa shape index (κ3) is 9.31. The van der Waals surface area contributed by atoms with Crippen molar-refractivity contribution >= 4 is 35.6 Å². The molecule has 0 radical (unpaired) electrons. The van der Waals surface area contributed by atoms with Gasteiger partial charge in [-0.25, -0.2) is 4.79 Å². The fourth-order valence-corrected chi connectivity index (χ4v) is 3.60. The highest BCUT2D eigenvalue weighted by Crippen LogP contribution is 2.19. The van der Waals surface area contributed by atoms with E-state index in [1.165, 1.54) is 0 Å². The summed E-state index contributed by atoms with van der Waals surface area (Å²) in [5, 5.41) is 23.3. The van der Waals surface area contributed by atoms with Crippen molar-refractivity contribution in [1.82, 2.24) is 15.5 Å². The van der Waals surface area contributed by atoms with Crippen LogP contribution in [0, 0.1) is 0 Å². The monoisotopic (exact) mass is 486 g/mol. The van der Waals surface area contributed by atoms with E-state index in [1.54, 1.807) is 0 Å². The second kappa shape index (κ2) is 14.1. The highest BCUT2D eigenvalue weighted by Gasteiger charge is 2.39. The Kier molecular flexibility index (Phi) is 11.9. The molecule has 1 heterocycles. The molecule has 10 N–H and O–H groups in total. The van der Waals surface area contributed by atoms with Gasteiger partial charge in [0.2, 0.25) is 23.6 Å². The molecule has 0 saturated carbocycles. The number of likely N-dealkylation sites (tertiary alicyclic amines) is 1. The van der Waals surface area contributed by atoms with Crippen molar-refractivity contribution < 1.29 is 39.0 Å². The predicted molar refractivity (Wildman–Crippen MR) is 118 cm³/mol. The SMILES string of the molecule is NCCCCC(NC(=O)C(N)CCC(N)=O)C(=O)NC(CC(=O)O)C(=O)N1CCCC1C(=O)O. The van der Waals surface area contributed by atoms with Crippen LogP contribution >= 0.6 is 0 Å². The number of carboxylic acid groups (broad SMARTS) is 2. The number of nitrogens with one attached hydrogen (secondary N) is 2. The van der Waals surface area contributed by atoms with E-state index in [9.17, 15) is 39.0 Å². The van der Waals surface area contributed by atoms with Gasteiger partial charge in [-0.15, -0.1) is 0 Å². The Labute approximate surface area is 196 Å². The van der Waals surface area contributed by atoms with Crippen molar-refractivity contribution in [3.05, 3.63) is 0 Å². The molecule has 4 unspecified atom stereocenters. The standard InChI is InChI=1S/C20H34N6O8/c21-8-2-1-4-12(24-17(30)11(22)6-7-15(23)27)18(31)25-13(10-16(28)29)19(32)26-9-3-5-14(26)20(33)34/h11-14H,1-10,21-22H2,(H2,23,27)(H,24,30)(H,25,31)(H,28,29)(H,33,34). The lowest BCUT2D eigenvalue weighted by molar-refractivity contribution is -0.150. The summed E-state index contributed by atoms with van der Waals surface area (Å²) in [7, 11) is 0. The van der Waals surface area contributed by atoms with Crippen molar-refractivity contribution in [3.63, 3.8) is 0 Å². The van der Waals surface area contributed by atoms with E-state index in [-0.39, 0.29) is 32.2 Å². The normalized spacial score (nSPS) is 17.9. The van der Waals surface area contributed by atoms with Crippen molar-refractivity contribution in [1.29, 1.82) is 0 Å². The number of carboxylic acids is 2. The topological polar surface area (TPSA) is 248 Å². The molecule has 0 aromatic rings. The van der Waals surface area contributed by atoms with E-state index < -0.39 is 66.2 Å². The fraction of sp³-hybridized carbons (Fsp3) is 0.700. The van der Waals surface area contributed by atoms with Gasteiger partial charge < -0.3 is 42.9 Å². The molecular weight excluding hydrogens is 452 g/mol. The second-order valence-electron chi connectivity index (χ2n) is 8.14. The number of hydrogen-bond acceptors (Lipinski definition) is 8. The largest absolute Gasteiger partial charge is 0.481 e. The molecule has 1 saturated heterocycles. The summed E-state index contributed by atoms with van der Waals surface area (Å²) in [6.07, 6.45) is 0.822. The Morgan fingerprint density at radius 1 is 0.971 bits per heavy atom.